The fourth-order valence-corrected chi connectivity index (χ4v) is 3.85. The molecule has 2 aliphatic rings. The smallest absolute Gasteiger partial charge is 0.0787 e. The summed E-state index contributed by atoms with van der Waals surface area (Å²) in [6.07, 6.45) is 17.5. The second kappa shape index (κ2) is 7.01. The van der Waals surface area contributed by atoms with Crippen molar-refractivity contribution in [3.63, 3.8) is 0 Å². The van der Waals surface area contributed by atoms with Crippen molar-refractivity contribution in [2.24, 2.45) is 23.7 Å². The molecule has 102 valence electrons. The van der Waals surface area contributed by atoms with Gasteiger partial charge in [0.15, 0.2) is 0 Å². The highest BCUT2D eigenvalue weighted by Gasteiger charge is 2.29. The summed E-state index contributed by atoms with van der Waals surface area (Å²) in [5.74, 6) is 3.59. The van der Waals surface area contributed by atoms with Crippen molar-refractivity contribution in [3.05, 3.63) is 25.0 Å². The van der Waals surface area contributed by atoms with E-state index in [1.165, 1.54) is 51.4 Å². The van der Waals surface area contributed by atoms with Crippen LogP contribution in [-0.2, 0) is 4.74 Å². The Balaban J connectivity index is 1.73. The molecule has 0 bridgehead atoms. The Morgan fingerprint density at radius 1 is 0.833 bits per heavy atom. The van der Waals surface area contributed by atoms with E-state index < -0.39 is 0 Å². The van der Waals surface area contributed by atoms with Gasteiger partial charge in [-0.1, -0.05) is 6.08 Å². The molecule has 0 radical (unpaired) electrons. The van der Waals surface area contributed by atoms with Gasteiger partial charge in [0, 0.05) is 0 Å². The third-order valence-electron chi connectivity index (χ3n) is 5.12. The van der Waals surface area contributed by atoms with E-state index in [0.717, 1.165) is 23.7 Å². The molecule has 1 nitrogen and oxygen atoms in total. The van der Waals surface area contributed by atoms with Gasteiger partial charge < -0.3 is 4.74 Å². The van der Waals surface area contributed by atoms with Crippen LogP contribution in [0.25, 0.3) is 0 Å². The number of hydrogen-bond donors (Lipinski definition) is 0. The van der Waals surface area contributed by atoms with Crippen LogP contribution in [0.3, 0.4) is 0 Å². The molecule has 0 spiro atoms. The van der Waals surface area contributed by atoms with E-state index in [1.807, 2.05) is 6.26 Å². The summed E-state index contributed by atoms with van der Waals surface area (Å²) < 4.78 is 5.02. The van der Waals surface area contributed by atoms with E-state index in [2.05, 4.69) is 18.7 Å². The molecular weight excluding hydrogens is 220 g/mol. The van der Waals surface area contributed by atoms with Crippen molar-refractivity contribution in [2.75, 3.05) is 7.11 Å². The highest BCUT2D eigenvalue weighted by molar-refractivity contribution is 4.91. The Morgan fingerprint density at radius 2 is 1.33 bits per heavy atom. The van der Waals surface area contributed by atoms with Crippen LogP contribution < -0.4 is 0 Å². The lowest BCUT2D eigenvalue weighted by Crippen LogP contribution is -2.25. The second-order valence-corrected chi connectivity index (χ2v) is 6.15. The van der Waals surface area contributed by atoms with Gasteiger partial charge in [-0.15, -0.1) is 6.58 Å². The molecule has 0 aromatic heterocycles. The maximum absolute atomic E-state index is 5.02. The van der Waals surface area contributed by atoms with E-state index in [0.29, 0.717) is 0 Å². The van der Waals surface area contributed by atoms with Crippen molar-refractivity contribution >= 4 is 0 Å². The van der Waals surface area contributed by atoms with E-state index in [9.17, 15) is 0 Å². The minimum absolute atomic E-state index is 0.769. The Labute approximate surface area is 112 Å². The third-order valence-corrected chi connectivity index (χ3v) is 5.12. The Hall–Kier alpha value is -0.720. The van der Waals surface area contributed by atoms with Crippen LogP contribution in [0.1, 0.15) is 51.4 Å². The highest BCUT2D eigenvalue weighted by Crippen LogP contribution is 2.41. The van der Waals surface area contributed by atoms with Crippen molar-refractivity contribution in [1.82, 2.24) is 0 Å². The van der Waals surface area contributed by atoms with E-state index in [1.54, 1.807) is 7.11 Å². The monoisotopic (exact) mass is 248 g/mol. The van der Waals surface area contributed by atoms with Crippen LogP contribution in [0.2, 0.25) is 0 Å². The maximum atomic E-state index is 5.02. The lowest BCUT2D eigenvalue weighted by atomic mass is 9.69. The van der Waals surface area contributed by atoms with Gasteiger partial charge in [-0.05, 0) is 81.1 Å². The van der Waals surface area contributed by atoms with E-state index >= 15 is 0 Å². The van der Waals surface area contributed by atoms with Crippen molar-refractivity contribution in [2.45, 2.75) is 51.4 Å². The van der Waals surface area contributed by atoms with E-state index in [4.69, 9.17) is 4.74 Å². The molecule has 0 aromatic carbocycles. The van der Waals surface area contributed by atoms with Crippen molar-refractivity contribution < 1.29 is 4.74 Å². The van der Waals surface area contributed by atoms with Crippen LogP contribution in [0.15, 0.2) is 25.0 Å². The fourth-order valence-electron chi connectivity index (χ4n) is 3.85. The zero-order chi connectivity index (χ0) is 12.8. The summed E-state index contributed by atoms with van der Waals surface area (Å²) in [7, 11) is 1.74. The topological polar surface area (TPSA) is 9.23 Å². The minimum Gasteiger partial charge on any atom is -0.505 e. The number of allylic oxidation sites excluding steroid dienone is 2. The molecule has 0 saturated heterocycles. The lowest BCUT2D eigenvalue weighted by Gasteiger charge is -2.36. The second-order valence-electron chi connectivity index (χ2n) is 6.15. The van der Waals surface area contributed by atoms with Gasteiger partial charge in [-0.25, -0.2) is 0 Å². The zero-order valence-electron chi connectivity index (χ0n) is 11.8. The largest absolute Gasteiger partial charge is 0.505 e. The number of rotatable bonds is 4. The summed E-state index contributed by atoms with van der Waals surface area (Å²) in [5, 5.41) is 0. The molecule has 1 heteroatoms. The molecule has 2 aliphatic carbocycles. The summed E-state index contributed by atoms with van der Waals surface area (Å²) >= 11 is 0. The van der Waals surface area contributed by atoms with Crippen LogP contribution in [-0.4, -0.2) is 7.11 Å². The zero-order valence-corrected chi connectivity index (χ0v) is 11.8. The first-order chi connectivity index (χ1) is 8.83. The van der Waals surface area contributed by atoms with Crippen LogP contribution in [0.4, 0.5) is 0 Å². The first-order valence-electron chi connectivity index (χ1n) is 7.65. The molecule has 0 aromatic rings. The normalized spacial score (nSPS) is 37.6. The molecule has 0 unspecified atom stereocenters. The predicted molar refractivity (Wildman–Crippen MR) is 77.2 cm³/mol. The molecule has 0 heterocycles. The fraction of sp³-hybridized carbons (Fsp3) is 0.765. The number of methoxy groups -OCH3 is 1. The van der Waals surface area contributed by atoms with Crippen LogP contribution >= 0.6 is 0 Å². The molecule has 2 rings (SSSR count). The van der Waals surface area contributed by atoms with Gasteiger partial charge in [-0.3, -0.25) is 0 Å². The molecule has 0 aliphatic heterocycles. The van der Waals surface area contributed by atoms with Gasteiger partial charge in [0.05, 0.1) is 13.4 Å². The summed E-state index contributed by atoms with van der Waals surface area (Å²) in [6, 6.07) is 0. The standard InChI is InChI=1S/C17H28O/c1-3-14-4-8-16(9-5-14)17-10-6-15(7-11-17)12-13-18-2/h3,12-17H,1,4-11H2,2H3. The third kappa shape index (κ3) is 3.63. The first kappa shape index (κ1) is 13.7. The molecule has 18 heavy (non-hydrogen) atoms. The summed E-state index contributed by atoms with van der Waals surface area (Å²) in [5.41, 5.74) is 0. The SMILES string of the molecule is C=CC1CCC(C2CCC(C=COC)CC2)CC1. The Kier molecular flexibility index (Phi) is 5.34. The first-order valence-corrected chi connectivity index (χ1v) is 7.65. The minimum atomic E-state index is 0.769. The summed E-state index contributed by atoms with van der Waals surface area (Å²) in [4.78, 5) is 0. The Bertz CT molecular complexity index is 265. The average molecular weight is 248 g/mol. The summed E-state index contributed by atoms with van der Waals surface area (Å²) in [6.45, 7) is 3.94. The van der Waals surface area contributed by atoms with Crippen molar-refractivity contribution in [1.29, 1.82) is 0 Å². The molecular formula is C17H28O. The quantitative estimate of drug-likeness (QED) is 0.505. The highest BCUT2D eigenvalue weighted by atomic mass is 16.5. The lowest BCUT2D eigenvalue weighted by molar-refractivity contribution is 0.165. The number of ether oxygens (including phenoxy) is 1. The molecule has 2 fully saturated rings. The predicted octanol–water partition coefficient (Wildman–Crippen LogP) is 4.95. The molecule has 2 saturated carbocycles. The van der Waals surface area contributed by atoms with Gasteiger partial charge in [0.2, 0.25) is 0 Å². The van der Waals surface area contributed by atoms with Crippen LogP contribution in [0, 0.1) is 23.7 Å². The Morgan fingerprint density at radius 3 is 1.78 bits per heavy atom. The molecule has 0 N–H and O–H groups in total. The van der Waals surface area contributed by atoms with Gasteiger partial charge >= 0.3 is 0 Å². The number of hydrogen-bond acceptors (Lipinski definition) is 1. The van der Waals surface area contributed by atoms with E-state index in [-0.39, 0.29) is 0 Å². The van der Waals surface area contributed by atoms with Gasteiger partial charge in [0.1, 0.15) is 0 Å². The van der Waals surface area contributed by atoms with Crippen LogP contribution in [0.5, 0.6) is 0 Å². The van der Waals surface area contributed by atoms with Gasteiger partial charge in [-0.2, -0.15) is 0 Å². The maximum Gasteiger partial charge on any atom is 0.0787 e. The molecule has 0 amide bonds. The molecule has 0 atom stereocenters. The average Bonchev–Trinajstić information content (AvgIpc) is 2.46. The van der Waals surface area contributed by atoms with Gasteiger partial charge in [0.25, 0.3) is 0 Å². The van der Waals surface area contributed by atoms with Crippen molar-refractivity contribution in [3.8, 4) is 0 Å².